The Balaban J connectivity index is 1.87. The number of benzene rings is 2. The Bertz CT molecular complexity index is 1190. The number of hydrogen-bond acceptors (Lipinski definition) is 5. The molecule has 182 valence electrons. The summed E-state index contributed by atoms with van der Waals surface area (Å²) in [6.07, 6.45) is 1.94. The van der Waals surface area contributed by atoms with E-state index >= 15 is 0 Å². The summed E-state index contributed by atoms with van der Waals surface area (Å²) in [4.78, 5) is 41.8. The number of carbonyl (C=O) groups is 2. The van der Waals surface area contributed by atoms with Gasteiger partial charge < -0.3 is 20.7 Å². The van der Waals surface area contributed by atoms with Crippen LogP contribution in [-0.2, 0) is 4.79 Å². The number of carboxylic acid groups (broad SMARTS) is 1. The minimum atomic E-state index is -1.24. The van der Waals surface area contributed by atoms with Crippen LogP contribution < -0.4 is 22.1 Å². The van der Waals surface area contributed by atoms with Crippen LogP contribution >= 0.6 is 0 Å². The van der Waals surface area contributed by atoms with Crippen molar-refractivity contribution in [1.29, 1.82) is 0 Å². The summed E-state index contributed by atoms with van der Waals surface area (Å²) in [5.41, 5.74) is 8.00. The van der Waals surface area contributed by atoms with Crippen molar-refractivity contribution >= 4 is 17.8 Å². The van der Waals surface area contributed by atoms with Crippen molar-refractivity contribution in [3.63, 3.8) is 0 Å². The monoisotopic (exact) mass is 477 g/mol. The van der Waals surface area contributed by atoms with Gasteiger partial charge in [-0.05, 0) is 36.1 Å². The van der Waals surface area contributed by atoms with Crippen molar-refractivity contribution in [3.05, 3.63) is 106 Å². The van der Waals surface area contributed by atoms with E-state index in [9.17, 15) is 19.5 Å². The first-order valence-corrected chi connectivity index (χ1v) is 11.0. The number of aliphatic carboxylic acids is 1. The van der Waals surface area contributed by atoms with E-state index in [1.807, 2.05) is 60.7 Å². The summed E-state index contributed by atoms with van der Waals surface area (Å²) in [5.74, 6) is -2.22. The molecular formula is C25H27N5O5. The van der Waals surface area contributed by atoms with Crippen molar-refractivity contribution in [2.45, 2.75) is 24.9 Å². The molecule has 0 aliphatic carbocycles. The number of carboxylic acids is 1. The number of amides is 1. The first-order valence-electron chi connectivity index (χ1n) is 11.0. The van der Waals surface area contributed by atoms with Crippen LogP contribution in [0.3, 0.4) is 0 Å². The van der Waals surface area contributed by atoms with Crippen molar-refractivity contribution in [1.82, 2.24) is 15.4 Å². The molecule has 0 unspecified atom stereocenters. The minimum absolute atomic E-state index is 0.0565. The van der Waals surface area contributed by atoms with Crippen LogP contribution in [0, 0.1) is 0 Å². The number of aromatic nitrogens is 1. The summed E-state index contributed by atoms with van der Waals surface area (Å²) in [6.45, 7) is 0.146. The van der Waals surface area contributed by atoms with Gasteiger partial charge in [0.05, 0.1) is 6.04 Å². The third-order valence-electron chi connectivity index (χ3n) is 5.38. The summed E-state index contributed by atoms with van der Waals surface area (Å²) in [5, 5.41) is 20.6. The number of nitrogens with one attached hydrogen (secondary N) is 2. The fourth-order valence-corrected chi connectivity index (χ4v) is 3.69. The van der Waals surface area contributed by atoms with Gasteiger partial charge in [0.25, 0.3) is 11.5 Å². The topological polar surface area (TPSA) is 159 Å². The lowest BCUT2D eigenvalue weighted by Gasteiger charge is -2.22. The molecule has 10 heteroatoms. The lowest BCUT2D eigenvalue weighted by Crippen LogP contribution is -2.43. The number of carbonyl (C=O) groups excluding carboxylic acids is 1. The van der Waals surface area contributed by atoms with Crippen LogP contribution in [0.25, 0.3) is 0 Å². The SMILES string of the molecule is NC(=NCCC[C@H](NC(=O)c1cccn(C(c2ccccc2)c2ccccc2)c1=O)C(=O)O)NO. The number of aliphatic imine (C=N–C) groups is 1. The largest absolute Gasteiger partial charge is 0.480 e. The Morgan fingerprint density at radius 3 is 2.11 bits per heavy atom. The van der Waals surface area contributed by atoms with E-state index < -0.39 is 29.5 Å². The predicted molar refractivity (Wildman–Crippen MR) is 130 cm³/mol. The molecule has 0 saturated carbocycles. The molecule has 0 fully saturated rings. The van der Waals surface area contributed by atoms with Gasteiger partial charge in [-0.2, -0.15) is 0 Å². The molecule has 0 bridgehead atoms. The van der Waals surface area contributed by atoms with Gasteiger partial charge in [0, 0.05) is 12.7 Å². The highest BCUT2D eigenvalue weighted by molar-refractivity contribution is 5.96. The van der Waals surface area contributed by atoms with Gasteiger partial charge in [0.2, 0.25) is 5.96 Å². The Morgan fingerprint density at radius 1 is 0.971 bits per heavy atom. The zero-order valence-electron chi connectivity index (χ0n) is 18.9. The third-order valence-corrected chi connectivity index (χ3v) is 5.38. The smallest absolute Gasteiger partial charge is 0.326 e. The highest BCUT2D eigenvalue weighted by Gasteiger charge is 2.24. The molecule has 0 radical (unpaired) electrons. The molecule has 2 aromatic carbocycles. The maximum Gasteiger partial charge on any atom is 0.326 e. The second kappa shape index (κ2) is 12.1. The number of nitrogens with zero attached hydrogens (tertiary/aromatic N) is 2. The second-order valence-corrected chi connectivity index (χ2v) is 7.74. The summed E-state index contributed by atoms with van der Waals surface area (Å²) < 4.78 is 1.47. The maximum absolute atomic E-state index is 13.4. The normalized spacial score (nSPS) is 12.2. The van der Waals surface area contributed by atoms with E-state index in [1.165, 1.54) is 10.6 Å². The van der Waals surface area contributed by atoms with Gasteiger partial charge in [-0.3, -0.25) is 19.8 Å². The highest BCUT2D eigenvalue weighted by atomic mass is 16.5. The fraction of sp³-hybridized carbons (Fsp3) is 0.200. The lowest BCUT2D eigenvalue weighted by atomic mass is 9.98. The molecule has 1 aromatic heterocycles. The standard InChI is InChI=1S/C25H27N5O5/c26-25(29-35)27-15-7-14-20(24(33)34)28-22(31)19-13-8-16-30(23(19)32)21(17-9-3-1-4-10-17)18-11-5-2-6-12-18/h1-6,8-13,16,20-21,35H,7,14-15H2,(H,28,31)(H,33,34)(H3,26,27,29)/t20-/m0/s1. The third kappa shape index (κ3) is 6.55. The molecule has 0 spiro atoms. The molecule has 1 atom stereocenters. The first kappa shape index (κ1) is 25.2. The molecule has 1 amide bonds. The molecule has 0 aliphatic rings. The zero-order valence-corrected chi connectivity index (χ0v) is 18.9. The summed E-state index contributed by atoms with van der Waals surface area (Å²) in [6, 6.07) is 20.1. The predicted octanol–water partition coefficient (Wildman–Crippen LogP) is 1.74. The van der Waals surface area contributed by atoms with Gasteiger partial charge in [-0.1, -0.05) is 60.7 Å². The zero-order chi connectivity index (χ0) is 25.2. The van der Waals surface area contributed by atoms with Crippen LogP contribution in [0.4, 0.5) is 0 Å². The van der Waals surface area contributed by atoms with Crippen LogP contribution in [0.15, 0.2) is 88.8 Å². The first-order chi connectivity index (χ1) is 16.9. The number of hydrogen-bond donors (Lipinski definition) is 5. The van der Waals surface area contributed by atoms with E-state index in [0.29, 0.717) is 0 Å². The van der Waals surface area contributed by atoms with E-state index in [-0.39, 0.29) is 30.9 Å². The van der Waals surface area contributed by atoms with E-state index in [4.69, 9.17) is 10.9 Å². The van der Waals surface area contributed by atoms with Crippen LogP contribution in [-0.4, -0.2) is 45.3 Å². The fourth-order valence-electron chi connectivity index (χ4n) is 3.69. The Hall–Kier alpha value is -4.44. The van der Waals surface area contributed by atoms with E-state index in [1.54, 1.807) is 17.7 Å². The van der Waals surface area contributed by atoms with Gasteiger partial charge in [0.15, 0.2) is 0 Å². The molecule has 6 N–H and O–H groups in total. The molecule has 10 nitrogen and oxygen atoms in total. The number of hydroxylamine groups is 1. The van der Waals surface area contributed by atoms with Gasteiger partial charge >= 0.3 is 5.97 Å². The lowest BCUT2D eigenvalue weighted by molar-refractivity contribution is -0.139. The van der Waals surface area contributed by atoms with Crippen molar-refractivity contribution in [2.24, 2.45) is 10.7 Å². The molecular weight excluding hydrogens is 450 g/mol. The van der Waals surface area contributed by atoms with E-state index in [0.717, 1.165) is 11.1 Å². The molecule has 35 heavy (non-hydrogen) atoms. The highest BCUT2D eigenvalue weighted by Crippen LogP contribution is 2.25. The Labute approximate surface area is 201 Å². The Morgan fingerprint density at radius 2 is 1.57 bits per heavy atom. The molecule has 3 aromatic rings. The molecule has 0 saturated heterocycles. The second-order valence-electron chi connectivity index (χ2n) is 7.74. The molecule has 1 heterocycles. The van der Waals surface area contributed by atoms with Crippen molar-refractivity contribution in [3.8, 4) is 0 Å². The van der Waals surface area contributed by atoms with Crippen molar-refractivity contribution in [2.75, 3.05) is 6.54 Å². The van der Waals surface area contributed by atoms with E-state index in [2.05, 4.69) is 10.3 Å². The Kier molecular flexibility index (Phi) is 8.74. The maximum atomic E-state index is 13.4. The summed E-state index contributed by atoms with van der Waals surface area (Å²) >= 11 is 0. The molecule has 0 aliphatic heterocycles. The van der Waals surface area contributed by atoms with Crippen LogP contribution in [0.2, 0.25) is 0 Å². The number of rotatable bonds is 10. The van der Waals surface area contributed by atoms with Gasteiger partial charge in [-0.25, -0.2) is 10.3 Å². The number of guanidine groups is 1. The number of pyridine rings is 1. The average molecular weight is 478 g/mol. The minimum Gasteiger partial charge on any atom is -0.480 e. The van der Waals surface area contributed by atoms with Crippen LogP contribution in [0.1, 0.15) is 40.4 Å². The van der Waals surface area contributed by atoms with Crippen molar-refractivity contribution < 1.29 is 19.9 Å². The molecule has 3 rings (SSSR count). The van der Waals surface area contributed by atoms with Gasteiger partial charge in [-0.15, -0.1) is 0 Å². The average Bonchev–Trinajstić information content (AvgIpc) is 2.88. The van der Waals surface area contributed by atoms with Crippen LogP contribution in [0.5, 0.6) is 0 Å². The summed E-state index contributed by atoms with van der Waals surface area (Å²) in [7, 11) is 0. The quantitative estimate of drug-likeness (QED) is 0.129. The number of nitrogens with two attached hydrogens (primary N) is 1. The van der Waals surface area contributed by atoms with Gasteiger partial charge in [0.1, 0.15) is 11.6 Å².